The van der Waals surface area contributed by atoms with Crippen molar-refractivity contribution in [2.45, 2.75) is 38.5 Å². The molecule has 2 fully saturated rings. The Morgan fingerprint density at radius 1 is 1.05 bits per heavy atom. The van der Waals surface area contributed by atoms with Crippen LogP contribution in [0.5, 0.6) is 0 Å². The fourth-order valence-corrected chi connectivity index (χ4v) is 3.13. The molecule has 0 bridgehead atoms. The lowest BCUT2D eigenvalue weighted by atomic mass is 10.0. The van der Waals surface area contributed by atoms with Gasteiger partial charge in [0, 0.05) is 32.6 Å². The molecular weight excluding hydrogens is 244 g/mol. The van der Waals surface area contributed by atoms with Gasteiger partial charge >= 0.3 is 5.97 Å². The van der Waals surface area contributed by atoms with E-state index in [1.54, 1.807) is 0 Å². The minimum absolute atomic E-state index is 0.0874. The minimum Gasteiger partial charge on any atom is -0.480 e. The highest BCUT2D eigenvalue weighted by Gasteiger charge is 2.23. The van der Waals surface area contributed by atoms with Crippen molar-refractivity contribution in [2.24, 2.45) is 5.92 Å². The van der Waals surface area contributed by atoms with Crippen molar-refractivity contribution in [1.29, 1.82) is 0 Å². The number of amides is 1. The molecule has 19 heavy (non-hydrogen) atoms. The van der Waals surface area contributed by atoms with Crippen molar-refractivity contribution in [1.82, 2.24) is 9.80 Å². The highest BCUT2D eigenvalue weighted by atomic mass is 16.4. The molecular formula is C14H24N2O3. The number of carbonyl (C=O) groups is 2. The second-order valence-corrected chi connectivity index (χ2v) is 5.74. The zero-order valence-corrected chi connectivity index (χ0v) is 11.5. The Morgan fingerprint density at radius 3 is 2.26 bits per heavy atom. The summed E-state index contributed by atoms with van der Waals surface area (Å²) in [5.74, 6) is 0.222. The molecule has 2 aliphatic rings. The molecule has 0 aromatic heterocycles. The number of carboxylic acid groups (broad SMARTS) is 1. The first-order valence-corrected chi connectivity index (χ1v) is 7.37. The van der Waals surface area contributed by atoms with Gasteiger partial charge in [-0.1, -0.05) is 25.7 Å². The summed E-state index contributed by atoms with van der Waals surface area (Å²) in [6.45, 7) is 2.81. The summed E-state index contributed by atoms with van der Waals surface area (Å²) in [5.41, 5.74) is 0. The number of carboxylic acids is 1. The number of carbonyl (C=O) groups excluding carboxylic acids is 1. The van der Waals surface area contributed by atoms with Crippen molar-refractivity contribution in [3.63, 3.8) is 0 Å². The van der Waals surface area contributed by atoms with Crippen LogP contribution < -0.4 is 0 Å². The molecule has 0 spiro atoms. The van der Waals surface area contributed by atoms with Gasteiger partial charge in [-0.2, -0.15) is 0 Å². The zero-order chi connectivity index (χ0) is 13.7. The van der Waals surface area contributed by atoms with E-state index < -0.39 is 5.97 Å². The van der Waals surface area contributed by atoms with Gasteiger partial charge in [0.2, 0.25) is 5.91 Å². The lowest BCUT2D eigenvalue weighted by Crippen LogP contribution is -2.49. The van der Waals surface area contributed by atoms with Crippen molar-refractivity contribution in [2.75, 3.05) is 32.7 Å². The summed E-state index contributed by atoms with van der Waals surface area (Å²) in [7, 11) is 0. The summed E-state index contributed by atoms with van der Waals surface area (Å²) < 4.78 is 0. The highest BCUT2D eigenvalue weighted by molar-refractivity contribution is 5.76. The Bertz CT molecular complexity index is 319. The normalized spacial score (nSPS) is 21.8. The molecule has 1 amide bonds. The predicted octanol–water partition coefficient (Wildman–Crippen LogP) is 1.19. The second kappa shape index (κ2) is 6.89. The van der Waals surface area contributed by atoms with Crippen LogP contribution in [-0.2, 0) is 9.59 Å². The van der Waals surface area contributed by atoms with Crippen LogP contribution in [0, 0.1) is 5.92 Å². The van der Waals surface area contributed by atoms with Crippen molar-refractivity contribution >= 4 is 11.9 Å². The zero-order valence-electron chi connectivity index (χ0n) is 11.5. The molecule has 5 heteroatoms. The first kappa shape index (κ1) is 14.3. The fourth-order valence-electron chi connectivity index (χ4n) is 3.13. The van der Waals surface area contributed by atoms with Crippen molar-refractivity contribution in [3.8, 4) is 0 Å². The summed E-state index contributed by atoms with van der Waals surface area (Å²) in [5, 5.41) is 8.72. The van der Waals surface area contributed by atoms with E-state index in [2.05, 4.69) is 0 Å². The Balaban J connectivity index is 1.65. The predicted molar refractivity (Wildman–Crippen MR) is 71.8 cm³/mol. The molecule has 0 radical (unpaired) electrons. The van der Waals surface area contributed by atoms with Crippen LogP contribution in [0.15, 0.2) is 0 Å². The van der Waals surface area contributed by atoms with Gasteiger partial charge in [-0.15, -0.1) is 0 Å². The van der Waals surface area contributed by atoms with E-state index in [-0.39, 0.29) is 12.5 Å². The molecule has 1 heterocycles. The Morgan fingerprint density at radius 2 is 1.68 bits per heavy atom. The van der Waals surface area contributed by atoms with Gasteiger partial charge in [-0.25, -0.2) is 0 Å². The molecule has 1 saturated carbocycles. The van der Waals surface area contributed by atoms with Gasteiger partial charge in [0.15, 0.2) is 0 Å². The molecule has 1 saturated heterocycles. The van der Waals surface area contributed by atoms with E-state index >= 15 is 0 Å². The molecule has 0 atom stereocenters. The van der Waals surface area contributed by atoms with Crippen LogP contribution in [0.1, 0.15) is 38.5 Å². The van der Waals surface area contributed by atoms with Crippen molar-refractivity contribution < 1.29 is 14.7 Å². The van der Waals surface area contributed by atoms with Crippen molar-refractivity contribution in [3.05, 3.63) is 0 Å². The number of aliphatic carboxylic acids is 1. The van der Waals surface area contributed by atoms with E-state index in [4.69, 9.17) is 5.11 Å². The monoisotopic (exact) mass is 268 g/mol. The summed E-state index contributed by atoms with van der Waals surface area (Å²) in [6, 6.07) is 0. The highest BCUT2D eigenvalue weighted by Crippen LogP contribution is 2.28. The van der Waals surface area contributed by atoms with E-state index in [1.165, 1.54) is 25.7 Å². The van der Waals surface area contributed by atoms with E-state index in [1.807, 2.05) is 9.80 Å². The van der Waals surface area contributed by atoms with Crippen LogP contribution in [0.2, 0.25) is 0 Å². The van der Waals surface area contributed by atoms with E-state index in [0.29, 0.717) is 32.6 Å². The molecule has 0 unspecified atom stereocenters. The third-order valence-corrected chi connectivity index (χ3v) is 4.33. The third kappa shape index (κ3) is 4.49. The Hall–Kier alpha value is -1.10. The lowest BCUT2D eigenvalue weighted by molar-refractivity contribution is -0.139. The second-order valence-electron chi connectivity index (χ2n) is 5.74. The number of piperazine rings is 1. The van der Waals surface area contributed by atoms with Gasteiger partial charge in [0.05, 0.1) is 6.54 Å². The van der Waals surface area contributed by atoms with Crippen LogP contribution in [0.4, 0.5) is 0 Å². The quantitative estimate of drug-likeness (QED) is 0.813. The maximum atomic E-state index is 12.1. The number of rotatable bonds is 5. The standard InChI is InChI=1S/C14H24N2O3/c17-13(6-5-12-3-1-2-4-12)16-9-7-15(8-10-16)11-14(18)19/h12H,1-11H2,(H,18,19). The minimum atomic E-state index is -0.791. The maximum absolute atomic E-state index is 12.1. The van der Waals surface area contributed by atoms with Crippen LogP contribution in [0.25, 0.3) is 0 Å². The Kier molecular flexibility index (Phi) is 5.19. The van der Waals surface area contributed by atoms with Gasteiger partial charge in [-0.3, -0.25) is 14.5 Å². The van der Waals surface area contributed by atoms with Gasteiger partial charge in [-0.05, 0) is 12.3 Å². The molecule has 1 aliphatic heterocycles. The molecule has 0 aromatic rings. The van der Waals surface area contributed by atoms with E-state index in [0.717, 1.165) is 12.3 Å². The number of hydrogen-bond donors (Lipinski definition) is 1. The molecule has 108 valence electrons. The van der Waals surface area contributed by atoms with Crippen LogP contribution >= 0.6 is 0 Å². The molecule has 2 rings (SSSR count). The summed E-state index contributed by atoms with van der Waals surface area (Å²) in [4.78, 5) is 26.5. The summed E-state index contributed by atoms with van der Waals surface area (Å²) >= 11 is 0. The number of nitrogens with zero attached hydrogens (tertiary/aromatic N) is 2. The Labute approximate surface area is 114 Å². The average Bonchev–Trinajstić information content (AvgIpc) is 2.89. The molecule has 1 aliphatic carbocycles. The topological polar surface area (TPSA) is 60.9 Å². The number of hydrogen-bond acceptors (Lipinski definition) is 3. The van der Waals surface area contributed by atoms with Crippen LogP contribution in [0.3, 0.4) is 0 Å². The van der Waals surface area contributed by atoms with Gasteiger partial charge in [0.1, 0.15) is 0 Å². The third-order valence-electron chi connectivity index (χ3n) is 4.33. The van der Waals surface area contributed by atoms with Crippen LogP contribution in [-0.4, -0.2) is 59.5 Å². The molecule has 1 N–H and O–H groups in total. The maximum Gasteiger partial charge on any atom is 0.317 e. The average molecular weight is 268 g/mol. The van der Waals surface area contributed by atoms with E-state index in [9.17, 15) is 9.59 Å². The van der Waals surface area contributed by atoms with Gasteiger partial charge in [0.25, 0.3) is 0 Å². The lowest BCUT2D eigenvalue weighted by Gasteiger charge is -2.34. The molecule has 5 nitrogen and oxygen atoms in total. The first-order chi connectivity index (χ1) is 9.15. The fraction of sp³-hybridized carbons (Fsp3) is 0.857. The first-order valence-electron chi connectivity index (χ1n) is 7.37. The smallest absolute Gasteiger partial charge is 0.317 e. The SMILES string of the molecule is O=C(O)CN1CCN(C(=O)CCC2CCCC2)CC1. The summed E-state index contributed by atoms with van der Waals surface area (Å²) in [6.07, 6.45) is 6.94. The molecule has 0 aromatic carbocycles. The van der Waals surface area contributed by atoms with Gasteiger partial charge < -0.3 is 10.0 Å². The largest absolute Gasteiger partial charge is 0.480 e.